The van der Waals surface area contributed by atoms with E-state index in [1.54, 1.807) is 0 Å². The Morgan fingerprint density at radius 1 is 1.13 bits per heavy atom. The van der Waals surface area contributed by atoms with Crippen molar-refractivity contribution in [1.82, 2.24) is 20.1 Å². The number of hydrogen-bond acceptors (Lipinski definition) is 5. The van der Waals surface area contributed by atoms with Gasteiger partial charge in [0.25, 0.3) is 5.91 Å². The van der Waals surface area contributed by atoms with Crippen molar-refractivity contribution in [3.8, 4) is 0 Å². The van der Waals surface area contributed by atoms with E-state index >= 15 is 0 Å². The molecule has 0 bridgehead atoms. The number of hydrogen-bond donors (Lipinski definition) is 1. The summed E-state index contributed by atoms with van der Waals surface area (Å²) in [6, 6.07) is 0.911. The van der Waals surface area contributed by atoms with Gasteiger partial charge in [-0.25, -0.2) is 13.8 Å². The van der Waals surface area contributed by atoms with Crippen LogP contribution in [0.15, 0.2) is 12.3 Å². The molecule has 3 aliphatic rings. The Hall–Kier alpha value is -2.13. The van der Waals surface area contributed by atoms with Crippen LogP contribution in [0.2, 0.25) is 0 Å². The SMILES string of the molecule is O=C(NC[C@@H]1CC[C@H](CC(=O)N2CCOCC2)N1CC1CC1)c1ncc(F)cc1F. The molecule has 7 nitrogen and oxygen atoms in total. The van der Waals surface area contributed by atoms with Gasteiger partial charge >= 0.3 is 0 Å². The van der Waals surface area contributed by atoms with Crippen molar-refractivity contribution in [3.63, 3.8) is 0 Å². The molecule has 2 atom stereocenters. The third kappa shape index (κ3) is 5.13. The zero-order chi connectivity index (χ0) is 21.1. The minimum atomic E-state index is -0.970. The second-order valence-electron chi connectivity index (χ2n) is 8.42. The summed E-state index contributed by atoms with van der Waals surface area (Å²) in [6.07, 6.45) is 5.47. The van der Waals surface area contributed by atoms with Crippen molar-refractivity contribution >= 4 is 11.8 Å². The van der Waals surface area contributed by atoms with E-state index in [1.165, 1.54) is 12.8 Å². The van der Waals surface area contributed by atoms with Crippen LogP contribution in [0.1, 0.15) is 42.6 Å². The van der Waals surface area contributed by atoms with E-state index in [1.807, 2.05) is 4.90 Å². The fraction of sp³-hybridized carbons (Fsp3) is 0.667. The molecule has 2 saturated heterocycles. The van der Waals surface area contributed by atoms with Crippen LogP contribution < -0.4 is 5.32 Å². The summed E-state index contributed by atoms with van der Waals surface area (Å²) in [4.78, 5) is 32.8. The van der Waals surface area contributed by atoms with Gasteiger partial charge < -0.3 is 15.0 Å². The molecule has 1 saturated carbocycles. The number of morpholine rings is 1. The van der Waals surface area contributed by atoms with Crippen molar-refractivity contribution < 1.29 is 23.1 Å². The highest BCUT2D eigenvalue weighted by Gasteiger charge is 2.38. The summed E-state index contributed by atoms with van der Waals surface area (Å²) in [6.45, 7) is 3.74. The predicted octanol–water partition coefficient (Wildman–Crippen LogP) is 1.58. The summed E-state index contributed by atoms with van der Waals surface area (Å²) in [5, 5.41) is 2.74. The van der Waals surface area contributed by atoms with Crippen LogP contribution in [0, 0.1) is 17.6 Å². The van der Waals surface area contributed by atoms with Gasteiger partial charge in [0, 0.05) is 50.7 Å². The zero-order valence-corrected chi connectivity index (χ0v) is 17.0. The lowest BCUT2D eigenvalue weighted by Crippen LogP contribution is -2.47. The Morgan fingerprint density at radius 3 is 2.57 bits per heavy atom. The third-order valence-corrected chi connectivity index (χ3v) is 6.23. The number of nitrogens with one attached hydrogen (secondary N) is 1. The quantitative estimate of drug-likeness (QED) is 0.722. The van der Waals surface area contributed by atoms with Gasteiger partial charge in [0.15, 0.2) is 11.5 Å². The Kier molecular flexibility index (Phi) is 6.58. The Labute approximate surface area is 174 Å². The van der Waals surface area contributed by atoms with Crippen molar-refractivity contribution in [2.45, 2.75) is 44.2 Å². The molecule has 1 N–H and O–H groups in total. The number of likely N-dealkylation sites (tertiary alicyclic amines) is 1. The van der Waals surface area contributed by atoms with Gasteiger partial charge in [-0.3, -0.25) is 14.5 Å². The van der Waals surface area contributed by atoms with Gasteiger partial charge in [-0.2, -0.15) is 0 Å². The van der Waals surface area contributed by atoms with E-state index in [2.05, 4.69) is 15.2 Å². The molecular formula is C21H28F2N4O3. The molecule has 2 aliphatic heterocycles. The van der Waals surface area contributed by atoms with E-state index in [0.29, 0.717) is 51.3 Å². The lowest BCUT2D eigenvalue weighted by molar-refractivity contribution is -0.136. The largest absolute Gasteiger partial charge is 0.378 e. The molecule has 0 spiro atoms. The minimum Gasteiger partial charge on any atom is -0.378 e. The minimum absolute atomic E-state index is 0.0977. The highest BCUT2D eigenvalue weighted by Crippen LogP contribution is 2.35. The first kappa shape index (κ1) is 21.1. The summed E-state index contributed by atoms with van der Waals surface area (Å²) in [5.74, 6) is -1.62. The second kappa shape index (κ2) is 9.34. The van der Waals surface area contributed by atoms with Crippen LogP contribution in [0.5, 0.6) is 0 Å². The second-order valence-corrected chi connectivity index (χ2v) is 8.42. The van der Waals surface area contributed by atoms with Crippen molar-refractivity contribution in [3.05, 3.63) is 29.6 Å². The fourth-order valence-electron chi connectivity index (χ4n) is 4.37. The van der Waals surface area contributed by atoms with E-state index < -0.39 is 23.2 Å². The summed E-state index contributed by atoms with van der Waals surface area (Å²) in [5.41, 5.74) is -0.401. The number of carbonyl (C=O) groups excluding carboxylic acids is 2. The molecule has 1 aromatic heterocycles. The smallest absolute Gasteiger partial charge is 0.272 e. The topological polar surface area (TPSA) is 74.8 Å². The van der Waals surface area contributed by atoms with Gasteiger partial charge in [0.2, 0.25) is 5.91 Å². The van der Waals surface area contributed by atoms with Crippen LogP contribution in [-0.4, -0.2) is 78.1 Å². The summed E-state index contributed by atoms with van der Waals surface area (Å²) >= 11 is 0. The Bertz CT molecular complexity index is 784. The fourth-order valence-corrected chi connectivity index (χ4v) is 4.37. The molecule has 0 radical (unpaired) electrons. The third-order valence-electron chi connectivity index (χ3n) is 6.23. The van der Waals surface area contributed by atoms with Gasteiger partial charge in [-0.1, -0.05) is 0 Å². The van der Waals surface area contributed by atoms with E-state index in [-0.39, 0.29) is 18.0 Å². The van der Waals surface area contributed by atoms with E-state index in [0.717, 1.165) is 25.6 Å². The van der Waals surface area contributed by atoms with Crippen molar-refractivity contribution in [2.24, 2.45) is 5.92 Å². The highest BCUT2D eigenvalue weighted by atomic mass is 19.1. The first-order chi connectivity index (χ1) is 14.5. The molecule has 30 heavy (non-hydrogen) atoms. The van der Waals surface area contributed by atoms with Crippen LogP contribution in [0.4, 0.5) is 8.78 Å². The monoisotopic (exact) mass is 422 g/mol. The lowest BCUT2D eigenvalue weighted by atomic mass is 10.1. The van der Waals surface area contributed by atoms with Crippen molar-refractivity contribution in [2.75, 3.05) is 39.4 Å². The summed E-state index contributed by atoms with van der Waals surface area (Å²) in [7, 11) is 0. The summed E-state index contributed by atoms with van der Waals surface area (Å²) < 4.78 is 32.2. The number of ether oxygens (including phenoxy) is 1. The number of rotatable bonds is 7. The van der Waals surface area contributed by atoms with E-state index in [4.69, 9.17) is 4.74 Å². The molecule has 164 valence electrons. The van der Waals surface area contributed by atoms with Gasteiger partial charge in [0.1, 0.15) is 5.82 Å². The molecular weight excluding hydrogens is 394 g/mol. The normalized spacial score (nSPS) is 24.8. The average molecular weight is 422 g/mol. The molecule has 4 rings (SSSR count). The molecule has 3 fully saturated rings. The zero-order valence-electron chi connectivity index (χ0n) is 17.0. The number of halogens is 2. The number of carbonyl (C=O) groups is 2. The number of pyridine rings is 1. The van der Waals surface area contributed by atoms with E-state index in [9.17, 15) is 18.4 Å². The molecule has 3 heterocycles. The number of amides is 2. The van der Waals surface area contributed by atoms with Gasteiger partial charge in [0.05, 0.1) is 19.4 Å². The first-order valence-electron chi connectivity index (χ1n) is 10.7. The van der Waals surface area contributed by atoms with Crippen LogP contribution in [0.25, 0.3) is 0 Å². The maximum Gasteiger partial charge on any atom is 0.272 e. The predicted molar refractivity (Wildman–Crippen MR) is 105 cm³/mol. The van der Waals surface area contributed by atoms with Crippen LogP contribution >= 0.6 is 0 Å². The van der Waals surface area contributed by atoms with Gasteiger partial charge in [-0.15, -0.1) is 0 Å². The molecule has 1 aliphatic carbocycles. The Balaban J connectivity index is 1.35. The van der Waals surface area contributed by atoms with Crippen molar-refractivity contribution in [1.29, 1.82) is 0 Å². The molecule has 2 amide bonds. The number of aromatic nitrogens is 1. The van der Waals surface area contributed by atoms with Crippen LogP contribution in [0.3, 0.4) is 0 Å². The van der Waals surface area contributed by atoms with Crippen LogP contribution in [-0.2, 0) is 9.53 Å². The Morgan fingerprint density at radius 2 is 1.87 bits per heavy atom. The molecule has 9 heteroatoms. The standard InChI is InChI=1S/C21H28F2N4O3/c22-15-9-18(23)20(24-11-15)21(29)25-12-17-4-3-16(27(17)13-14-1-2-14)10-19(28)26-5-7-30-8-6-26/h9,11,14,16-17H,1-8,10,12-13H2,(H,25,29)/t16-,17+/m1/s1. The maximum absolute atomic E-state index is 13.8. The molecule has 0 unspecified atom stereocenters. The molecule has 0 aromatic carbocycles. The first-order valence-corrected chi connectivity index (χ1v) is 10.7. The highest BCUT2D eigenvalue weighted by molar-refractivity contribution is 5.92. The van der Waals surface area contributed by atoms with Gasteiger partial charge in [-0.05, 0) is 31.6 Å². The average Bonchev–Trinajstić information content (AvgIpc) is 3.48. The molecule has 1 aromatic rings. The lowest BCUT2D eigenvalue weighted by Gasteiger charge is -2.33. The maximum atomic E-state index is 13.8. The number of nitrogens with zero attached hydrogens (tertiary/aromatic N) is 3.